The van der Waals surface area contributed by atoms with Crippen LogP contribution in [0.25, 0.3) is 0 Å². The van der Waals surface area contributed by atoms with Crippen molar-refractivity contribution in [2.75, 3.05) is 6.61 Å². The third-order valence-corrected chi connectivity index (χ3v) is 8.70. The van der Waals surface area contributed by atoms with Gasteiger partial charge in [0.05, 0.1) is 6.10 Å². The third kappa shape index (κ3) is 2.72. The fourth-order valence-electron chi connectivity index (χ4n) is 6.70. The molecule has 2 N–H and O–H groups in total. The van der Waals surface area contributed by atoms with Crippen LogP contribution in [0, 0.1) is 34.0 Å². The maximum atomic E-state index is 13.1. The number of carbonyl (C=O) groups excluding carboxylic acids is 2. The summed E-state index contributed by atoms with van der Waals surface area (Å²) >= 11 is 0. The van der Waals surface area contributed by atoms with Gasteiger partial charge in [0.25, 0.3) is 0 Å². The Bertz CT molecular complexity index is 645. The second-order valence-electron chi connectivity index (χ2n) is 9.72. The van der Waals surface area contributed by atoms with Crippen molar-refractivity contribution < 1.29 is 24.5 Å². The van der Waals surface area contributed by atoms with Crippen molar-refractivity contribution in [3.8, 4) is 0 Å². The van der Waals surface area contributed by atoms with Gasteiger partial charge in [0.1, 0.15) is 18.5 Å². The third-order valence-electron chi connectivity index (χ3n) is 8.70. The molecule has 0 radical (unpaired) electrons. The average molecular weight is 379 g/mol. The van der Waals surface area contributed by atoms with Gasteiger partial charge in [-0.05, 0) is 42.9 Å². The average Bonchev–Trinajstić information content (AvgIpc) is 3.00. The van der Waals surface area contributed by atoms with E-state index in [4.69, 9.17) is 4.74 Å². The fraction of sp³-hybridized carbons (Fsp3) is 0.818. The van der Waals surface area contributed by atoms with Crippen LogP contribution in [0.15, 0.2) is 12.7 Å². The summed E-state index contributed by atoms with van der Waals surface area (Å²) in [7, 11) is 0. The molecule has 27 heavy (non-hydrogen) atoms. The number of aliphatic hydroxyl groups is 2. The molecule has 0 saturated heterocycles. The summed E-state index contributed by atoms with van der Waals surface area (Å²) in [4.78, 5) is 25.2. The Kier molecular flexibility index (Phi) is 5.09. The summed E-state index contributed by atoms with van der Waals surface area (Å²) in [5, 5.41) is 20.6. The first kappa shape index (κ1) is 20.5. The van der Waals surface area contributed by atoms with Gasteiger partial charge in [0.15, 0.2) is 0 Å². The van der Waals surface area contributed by atoms with Gasteiger partial charge < -0.3 is 14.9 Å². The molecule has 3 fully saturated rings. The van der Waals surface area contributed by atoms with Crippen LogP contribution < -0.4 is 0 Å². The molecule has 0 spiro atoms. The smallest absolute Gasteiger partial charge is 0.332 e. The molecule has 0 heterocycles. The molecule has 3 aliphatic carbocycles. The van der Waals surface area contributed by atoms with Gasteiger partial charge in [-0.25, -0.2) is 4.79 Å². The molecular formula is C22H34O5. The lowest BCUT2D eigenvalue weighted by Crippen LogP contribution is -2.63. The van der Waals surface area contributed by atoms with Gasteiger partial charge in [-0.2, -0.15) is 0 Å². The molecule has 0 aromatic heterocycles. The molecule has 0 aliphatic heterocycles. The second-order valence-corrected chi connectivity index (χ2v) is 9.72. The first-order valence-corrected chi connectivity index (χ1v) is 10.2. The van der Waals surface area contributed by atoms with Crippen molar-refractivity contribution in [3.63, 3.8) is 0 Å². The first-order valence-electron chi connectivity index (χ1n) is 10.2. The zero-order valence-electron chi connectivity index (χ0n) is 17.0. The zero-order valence-corrected chi connectivity index (χ0v) is 17.0. The Hall–Kier alpha value is -1.20. The topological polar surface area (TPSA) is 83.8 Å². The highest BCUT2D eigenvalue weighted by Crippen LogP contribution is 2.67. The summed E-state index contributed by atoms with van der Waals surface area (Å²) in [5.41, 5.74) is -1.43. The van der Waals surface area contributed by atoms with E-state index in [0.29, 0.717) is 12.8 Å². The SMILES string of the molecule is C=C[C@@]1(C)C[C@H](OC(=O)CO)[C@]2(C)C3C(=O)CC[C@]3(CC[C@@H]2C)[C@H](C)[C@H]1O. The number of hydrogen-bond donors (Lipinski definition) is 2. The molecule has 3 saturated carbocycles. The highest BCUT2D eigenvalue weighted by Gasteiger charge is 2.68. The molecule has 8 atom stereocenters. The maximum Gasteiger partial charge on any atom is 0.332 e. The molecule has 0 aromatic rings. The van der Waals surface area contributed by atoms with Crippen LogP contribution >= 0.6 is 0 Å². The Labute approximate surface area is 162 Å². The highest BCUT2D eigenvalue weighted by atomic mass is 16.6. The van der Waals surface area contributed by atoms with Crippen LogP contribution in [0.5, 0.6) is 0 Å². The van der Waals surface area contributed by atoms with Crippen LogP contribution in [0.3, 0.4) is 0 Å². The van der Waals surface area contributed by atoms with E-state index in [-0.39, 0.29) is 29.0 Å². The number of aliphatic hydroxyl groups excluding tert-OH is 2. The number of Topliss-reactive ketones (excluding diaryl/α,β-unsaturated/α-hetero) is 1. The molecule has 3 rings (SSSR count). The maximum absolute atomic E-state index is 13.1. The molecule has 1 unspecified atom stereocenters. The van der Waals surface area contributed by atoms with Gasteiger partial charge in [0.2, 0.25) is 0 Å². The number of hydrogen-bond acceptors (Lipinski definition) is 5. The predicted molar refractivity (Wildman–Crippen MR) is 102 cm³/mol. The summed E-state index contributed by atoms with van der Waals surface area (Å²) < 4.78 is 5.77. The van der Waals surface area contributed by atoms with E-state index in [1.165, 1.54) is 0 Å². The Morgan fingerprint density at radius 1 is 1.33 bits per heavy atom. The van der Waals surface area contributed by atoms with Crippen molar-refractivity contribution in [1.29, 1.82) is 0 Å². The zero-order chi connectivity index (χ0) is 20.2. The normalized spacial score (nSPS) is 49.7. The van der Waals surface area contributed by atoms with E-state index in [2.05, 4.69) is 27.4 Å². The monoisotopic (exact) mass is 378 g/mol. The minimum Gasteiger partial charge on any atom is -0.460 e. The molecule has 5 nitrogen and oxygen atoms in total. The molecular weight excluding hydrogens is 344 g/mol. The first-order chi connectivity index (χ1) is 12.6. The standard InChI is InChI=1S/C22H34O5/c1-6-20(4)11-16(27-17(25)12-23)21(5)13(2)7-9-22(14(3)19(20)26)10-8-15(24)18(21)22/h6,13-14,16,18-19,23,26H,1,7-12H2,2-5H3/t13-,14+,16-,18?,19+,20-,21+,22+/m0/s1. The molecule has 0 amide bonds. The van der Waals surface area contributed by atoms with Crippen molar-refractivity contribution in [2.45, 2.75) is 72.0 Å². The lowest BCUT2D eigenvalue weighted by Gasteiger charge is -2.61. The highest BCUT2D eigenvalue weighted by molar-refractivity contribution is 5.85. The van der Waals surface area contributed by atoms with Gasteiger partial charge in [-0.15, -0.1) is 6.58 Å². The largest absolute Gasteiger partial charge is 0.460 e. The summed E-state index contributed by atoms with van der Waals surface area (Å²) in [5.74, 6) is -0.520. The van der Waals surface area contributed by atoms with E-state index < -0.39 is 35.6 Å². The predicted octanol–water partition coefficient (Wildman–Crippen LogP) is 2.89. The van der Waals surface area contributed by atoms with Gasteiger partial charge in [-0.3, -0.25) is 4.79 Å². The van der Waals surface area contributed by atoms with Crippen LogP contribution in [-0.4, -0.2) is 40.8 Å². The summed E-state index contributed by atoms with van der Waals surface area (Å²) in [6, 6.07) is 0. The van der Waals surface area contributed by atoms with Crippen LogP contribution in [0.2, 0.25) is 0 Å². The number of ketones is 1. The Morgan fingerprint density at radius 2 is 2.00 bits per heavy atom. The van der Waals surface area contributed by atoms with Crippen LogP contribution in [0.4, 0.5) is 0 Å². The van der Waals surface area contributed by atoms with Crippen LogP contribution in [0.1, 0.15) is 59.8 Å². The minimum atomic E-state index is -0.686. The number of ether oxygens (including phenoxy) is 1. The van der Waals surface area contributed by atoms with E-state index in [1.807, 2.05) is 6.92 Å². The van der Waals surface area contributed by atoms with E-state index in [9.17, 15) is 19.8 Å². The van der Waals surface area contributed by atoms with E-state index >= 15 is 0 Å². The number of rotatable bonds is 3. The van der Waals surface area contributed by atoms with Gasteiger partial charge in [0, 0.05) is 23.2 Å². The lowest BCUT2D eigenvalue weighted by atomic mass is 9.44. The molecule has 3 aliphatic rings. The van der Waals surface area contributed by atoms with Crippen molar-refractivity contribution in [1.82, 2.24) is 0 Å². The molecule has 5 heteroatoms. The van der Waals surface area contributed by atoms with Gasteiger partial charge in [-0.1, -0.05) is 33.8 Å². The molecule has 0 aromatic carbocycles. The summed E-state index contributed by atoms with van der Waals surface area (Å²) in [6.45, 7) is 11.5. The van der Waals surface area contributed by atoms with Crippen LogP contribution in [-0.2, 0) is 14.3 Å². The molecule has 152 valence electrons. The quantitative estimate of drug-likeness (QED) is 0.583. The number of carbonyl (C=O) groups is 2. The second kappa shape index (κ2) is 6.70. The van der Waals surface area contributed by atoms with Gasteiger partial charge >= 0.3 is 5.97 Å². The lowest BCUT2D eigenvalue weighted by molar-refractivity contribution is -0.207. The van der Waals surface area contributed by atoms with Crippen molar-refractivity contribution in [2.24, 2.45) is 34.0 Å². The van der Waals surface area contributed by atoms with E-state index in [1.54, 1.807) is 6.08 Å². The minimum absolute atomic E-state index is 0.0433. The van der Waals surface area contributed by atoms with Crippen molar-refractivity contribution in [3.05, 3.63) is 12.7 Å². The Morgan fingerprint density at radius 3 is 2.59 bits per heavy atom. The fourth-order valence-corrected chi connectivity index (χ4v) is 6.70. The Balaban J connectivity index is 2.21. The summed E-state index contributed by atoms with van der Waals surface area (Å²) in [6.07, 6.45) is 4.10. The molecule has 2 bridgehead atoms. The number of esters is 1. The van der Waals surface area contributed by atoms with E-state index in [0.717, 1.165) is 19.3 Å². The van der Waals surface area contributed by atoms with Crippen molar-refractivity contribution >= 4 is 11.8 Å².